The monoisotopic (exact) mass is 384 g/mol. The van der Waals surface area contributed by atoms with Crippen LogP contribution in [-0.4, -0.2) is 16.9 Å². The Kier molecular flexibility index (Phi) is 3.95. The van der Waals surface area contributed by atoms with Crippen LogP contribution in [0.4, 0.5) is 0 Å². The maximum Gasteiger partial charge on any atom is 0.312 e. The van der Waals surface area contributed by atoms with Crippen LogP contribution in [0, 0.1) is 0 Å². The molecule has 1 N–H and O–H groups in total. The largest absolute Gasteiger partial charge is 0.508 e. The molecule has 0 bridgehead atoms. The Hall–Kier alpha value is -3.86. The number of allylic oxidation sites excluding steroid dienone is 1. The second kappa shape index (κ2) is 6.63. The normalized spacial score (nSPS) is 18.8. The molecule has 2 aliphatic heterocycles. The number of phenols is 1. The van der Waals surface area contributed by atoms with Gasteiger partial charge in [-0.2, -0.15) is 0 Å². The fourth-order valence-corrected chi connectivity index (χ4v) is 3.80. The van der Waals surface area contributed by atoms with Crippen molar-refractivity contribution in [3.63, 3.8) is 0 Å². The molecule has 0 aliphatic carbocycles. The van der Waals surface area contributed by atoms with E-state index in [9.17, 15) is 14.7 Å². The number of phenolic OH excluding ortho intramolecular Hbond substituents is 1. The van der Waals surface area contributed by atoms with E-state index in [2.05, 4.69) is 0 Å². The maximum atomic E-state index is 12.9. The van der Waals surface area contributed by atoms with Gasteiger partial charge < -0.3 is 14.6 Å². The van der Waals surface area contributed by atoms with Gasteiger partial charge in [0, 0.05) is 11.5 Å². The molecular weight excluding hydrogens is 368 g/mol. The van der Waals surface area contributed by atoms with E-state index in [1.54, 1.807) is 42.5 Å². The molecule has 1 atom stereocenters. The van der Waals surface area contributed by atoms with Crippen molar-refractivity contribution < 1.29 is 24.2 Å². The molecule has 0 aromatic heterocycles. The minimum atomic E-state index is -0.347. The molecule has 0 saturated carbocycles. The zero-order valence-corrected chi connectivity index (χ0v) is 15.3. The first kappa shape index (κ1) is 17.3. The molecule has 0 fully saturated rings. The third-order valence-corrected chi connectivity index (χ3v) is 5.17. The fraction of sp³-hybridized carbons (Fsp3) is 0.0833. The first-order chi connectivity index (χ1) is 14.1. The lowest BCUT2D eigenvalue weighted by Gasteiger charge is -2.26. The summed E-state index contributed by atoms with van der Waals surface area (Å²) in [6, 6.07) is 19.4. The minimum absolute atomic E-state index is 0.128. The van der Waals surface area contributed by atoms with Gasteiger partial charge in [-0.3, -0.25) is 9.59 Å². The molecule has 5 heteroatoms. The summed E-state index contributed by atoms with van der Waals surface area (Å²) in [6.07, 6.45) is 1.84. The molecule has 3 aromatic carbocycles. The average molecular weight is 384 g/mol. The van der Waals surface area contributed by atoms with Crippen molar-refractivity contribution in [1.29, 1.82) is 0 Å². The van der Waals surface area contributed by atoms with Gasteiger partial charge in [-0.1, -0.05) is 42.5 Å². The number of ether oxygens (including phenoxy) is 2. The number of carbonyl (C=O) groups excluding carboxylic acids is 2. The van der Waals surface area contributed by atoms with Gasteiger partial charge in [-0.15, -0.1) is 0 Å². The van der Waals surface area contributed by atoms with Gasteiger partial charge in [-0.25, -0.2) is 0 Å². The van der Waals surface area contributed by atoms with E-state index in [4.69, 9.17) is 9.47 Å². The van der Waals surface area contributed by atoms with Crippen molar-refractivity contribution in [3.8, 4) is 17.2 Å². The smallest absolute Gasteiger partial charge is 0.312 e. The van der Waals surface area contributed by atoms with Crippen molar-refractivity contribution in [1.82, 2.24) is 0 Å². The summed E-state index contributed by atoms with van der Waals surface area (Å²) in [5, 5.41) is 9.60. The van der Waals surface area contributed by atoms with Gasteiger partial charge >= 0.3 is 5.97 Å². The number of esters is 1. The Balaban J connectivity index is 1.62. The number of aromatic hydroxyl groups is 1. The first-order valence-corrected chi connectivity index (χ1v) is 9.26. The molecule has 0 amide bonds. The van der Waals surface area contributed by atoms with Crippen LogP contribution in [0.15, 0.2) is 72.5 Å². The summed E-state index contributed by atoms with van der Waals surface area (Å²) in [5.41, 5.74) is 2.83. The fourth-order valence-electron chi connectivity index (χ4n) is 3.80. The lowest BCUT2D eigenvalue weighted by atomic mass is 9.84. The van der Waals surface area contributed by atoms with Gasteiger partial charge in [0.05, 0.1) is 12.0 Å². The van der Waals surface area contributed by atoms with Crippen LogP contribution in [0.25, 0.3) is 6.08 Å². The van der Waals surface area contributed by atoms with Crippen molar-refractivity contribution in [2.45, 2.75) is 12.3 Å². The number of rotatable bonds is 2. The molecule has 0 saturated heterocycles. The molecule has 5 nitrogen and oxygen atoms in total. The van der Waals surface area contributed by atoms with Crippen LogP contribution >= 0.6 is 0 Å². The molecule has 1 unspecified atom stereocenters. The number of benzene rings is 3. The molecule has 2 heterocycles. The molecule has 3 aromatic rings. The van der Waals surface area contributed by atoms with Crippen LogP contribution in [0.3, 0.4) is 0 Å². The molecule has 2 aliphatic rings. The average Bonchev–Trinajstić information content (AvgIpc) is 3.04. The Labute approximate surface area is 166 Å². The Morgan fingerprint density at radius 2 is 1.66 bits per heavy atom. The highest BCUT2D eigenvalue weighted by atomic mass is 16.5. The zero-order chi connectivity index (χ0) is 20.0. The topological polar surface area (TPSA) is 72.8 Å². The maximum absolute atomic E-state index is 12.9. The van der Waals surface area contributed by atoms with E-state index < -0.39 is 0 Å². The van der Waals surface area contributed by atoms with E-state index in [1.807, 2.05) is 30.3 Å². The van der Waals surface area contributed by atoms with E-state index in [-0.39, 0.29) is 35.6 Å². The van der Waals surface area contributed by atoms with Crippen LogP contribution in [0.2, 0.25) is 0 Å². The van der Waals surface area contributed by atoms with Gasteiger partial charge in [-0.05, 0) is 41.5 Å². The van der Waals surface area contributed by atoms with Crippen LogP contribution in [-0.2, 0) is 4.79 Å². The van der Waals surface area contributed by atoms with Crippen molar-refractivity contribution in [2.75, 3.05) is 0 Å². The van der Waals surface area contributed by atoms with E-state index >= 15 is 0 Å². The minimum Gasteiger partial charge on any atom is -0.508 e. The molecule has 142 valence electrons. The Bertz CT molecular complexity index is 1160. The Morgan fingerprint density at radius 1 is 0.897 bits per heavy atom. The highest BCUT2D eigenvalue weighted by molar-refractivity contribution is 6.15. The SMILES string of the molecule is O=C1CC(c2ccc(O)cc2)c2c(ccc3c2O/C(=C\c2ccccc2)C3=O)O1. The van der Waals surface area contributed by atoms with Crippen LogP contribution < -0.4 is 9.47 Å². The number of hydrogen-bond donors (Lipinski definition) is 1. The van der Waals surface area contributed by atoms with E-state index in [0.717, 1.165) is 11.1 Å². The number of carbonyl (C=O) groups is 2. The van der Waals surface area contributed by atoms with Crippen LogP contribution in [0.5, 0.6) is 17.2 Å². The van der Waals surface area contributed by atoms with Crippen molar-refractivity contribution in [2.24, 2.45) is 0 Å². The van der Waals surface area contributed by atoms with Gasteiger partial charge in [0.2, 0.25) is 5.78 Å². The van der Waals surface area contributed by atoms with Crippen LogP contribution in [0.1, 0.15) is 39.4 Å². The summed E-state index contributed by atoms with van der Waals surface area (Å²) in [5.74, 6) is 0.330. The molecular formula is C24H16O5. The lowest BCUT2D eigenvalue weighted by molar-refractivity contribution is -0.135. The predicted molar refractivity (Wildman–Crippen MR) is 106 cm³/mol. The molecule has 29 heavy (non-hydrogen) atoms. The Morgan fingerprint density at radius 3 is 2.41 bits per heavy atom. The van der Waals surface area contributed by atoms with Gasteiger partial charge in [0.1, 0.15) is 17.2 Å². The van der Waals surface area contributed by atoms with Crippen molar-refractivity contribution in [3.05, 3.63) is 94.7 Å². The summed E-state index contributed by atoms with van der Waals surface area (Å²) >= 11 is 0. The second-order valence-corrected chi connectivity index (χ2v) is 7.03. The highest BCUT2D eigenvalue weighted by Crippen LogP contribution is 2.49. The number of ketones is 1. The summed E-state index contributed by atoms with van der Waals surface area (Å²) < 4.78 is 11.4. The lowest BCUT2D eigenvalue weighted by Crippen LogP contribution is -2.21. The van der Waals surface area contributed by atoms with Gasteiger partial charge in [0.15, 0.2) is 5.76 Å². The summed E-state index contributed by atoms with van der Waals surface area (Å²) in [4.78, 5) is 25.1. The summed E-state index contributed by atoms with van der Waals surface area (Å²) in [7, 11) is 0. The first-order valence-electron chi connectivity index (χ1n) is 9.26. The van der Waals surface area contributed by atoms with E-state index in [1.165, 1.54) is 0 Å². The third-order valence-electron chi connectivity index (χ3n) is 5.17. The molecule has 5 rings (SSSR count). The predicted octanol–water partition coefficient (Wildman–Crippen LogP) is 4.45. The van der Waals surface area contributed by atoms with Gasteiger partial charge in [0.25, 0.3) is 0 Å². The van der Waals surface area contributed by atoms with E-state index in [0.29, 0.717) is 22.6 Å². The zero-order valence-electron chi connectivity index (χ0n) is 15.3. The van der Waals surface area contributed by atoms with Crippen molar-refractivity contribution >= 4 is 17.8 Å². The second-order valence-electron chi connectivity index (χ2n) is 7.03. The molecule has 0 spiro atoms. The molecule has 0 radical (unpaired) electrons. The third kappa shape index (κ3) is 2.97. The number of hydrogen-bond acceptors (Lipinski definition) is 5. The quantitative estimate of drug-likeness (QED) is 0.401. The standard InChI is InChI=1S/C24H16O5/c25-16-8-6-15(7-9-16)18-13-21(26)28-19-11-10-17-23(27)20(29-24(17)22(18)19)12-14-4-2-1-3-5-14/h1-12,18,25H,13H2/b20-12-. The number of fused-ring (bicyclic) bond motifs is 3. The highest BCUT2D eigenvalue weighted by Gasteiger charge is 2.38. The number of Topliss-reactive ketones (excluding diaryl/α,β-unsaturated/α-hetero) is 1. The summed E-state index contributed by atoms with van der Waals surface area (Å²) in [6.45, 7) is 0.